The molecule has 0 spiro atoms. The summed E-state index contributed by atoms with van der Waals surface area (Å²) in [5.41, 5.74) is 1.22. The molecule has 0 aliphatic heterocycles. The Balaban J connectivity index is 2.20. The Hall–Kier alpha value is -2.07. The number of nitrogens with zero attached hydrogens (tertiary/aromatic N) is 1. The molecule has 0 atom stereocenters. The Morgan fingerprint density at radius 2 is 1.85 bits per heavy atom. The van der Waals surface area contributed by atoms with Crippen molar-refractivity contribution in [1.82, 2.24) is 4.98 Å². The van der Waals surface area contributed by atoms with Crippen molar-refractivity contribution in [1.29, 1.82) is 0 Å². The number of para-hydroxylation sites is 1. The average Bonchev–Trinajstić information content (AvgIpc) is 2.48. The Bertz CT molecular complexity index is 811. The number of aromatic nitrogens is 1. The summed E-state index contributed by atoms with van der Waals surface area (Å²) in [5, 5.41) is 0.722. The molecule has 0 fully saturated rings. The maximum absolute atomic E-state index is 13.8. The van der Waals surface area contributed by atoms with Gasteiger partial charge in [0.25, 0.3) is 0 Å². The van der Waals surface area contributed by atoms with Gasteiger partial charge in [-0.2, -0.15) is 0 Å². The number of carbonyl (C=O) groups excluding carboxylic acids is 1. The van der Waals surface area contributed by atoms with Crippen molar-refractivity contribution in [2.45, 2.75) is 0 Å². The minimum Gasteiger partial charge on any atom is -0.288 e. The van der Waals surface area contributed by atoms with Crippen LogP contribution in [-0.4, -0.2) is 10.8 Å². The molecule has 0 aliphatic rings. The third-order valence-corrected chi connectivity index (χ3v) is 3.56. The van der Waals surface area contributed by atoms with Crippen molar-refractivity contribution in [3.63, 3.8) is 0 Å². The summed E-state index contributed by atoms with van der Waals surface area (Å²) < 4.78 is 14.5. The molecule has 20 heavy (non-hydrogen) atoms. The molecule has 3 aromatic rings. The molecule has 1 aromatic heterocycles. The molecule has 0 bridgehead atoms. The summed E-state index contributed by atoms with van der Waals surface area (Å²) in [5.74, 6) is -0.874. The van der Waals surface area contributed by atoms with Crippen molar-refractivity contribution in [3.8, 4) is 0 Å². The van der Waals surface area contributed by atoms with Gasteiger partial charge in [0.2, 0.25) is 0 Å². The molecule has 0 radical (unpaired) electrons. The van der Waals surface area contributed by atoms with Crippen LogP contribution >= 0.6 is 15.9 Å². The number of rotatable bonds is 2. The highest BCUT2D eigenvalue weighted by atomic mass is 79.9. The van der Waals surface area contributed by atoms with Crippen LogP contribution in [0.1, 0.15) is 15.9 Å². The number of hydrogen-bond donors (Lipinski definition) is 0. The minimum atomic E-state index is -0.529. The lowest BCUT2D eigenvalue weighted by molar-refractivity contribution is 0.103. The van der Waals surface area contributed by atoms with E-state index in [0.717, 1.165) is 5.39 Å². The Kier molecular flexibility index (Phi) is 3.32. The van der Waals surface area contributed by atoms with E-state index in [2.05, 4.69) is 20.9 Å². The fourth-order valence-electron chi connectivity index (χ4n) is 2.11. The van der Waals surface area contributed by atoms with Gasteiger partial charge < -0.3 is 0 Å². The molecule has 2 nitrogen and oxygen atoms in total. The van der Waals surface area contributed by atoms with Gasteiger partial charge in [-0.3, -0.25) is 9.78 Å². The molecule has 0 N–H and O–H groups in total. The van der Waals surface area contributed by atoms with Crippen LogP contribution in [0.4, 0.5) is 4.39 Å². The standard InChI is InChI=1S/C16H9BrFNO/c17-10-5-6-14(18)13(9-10)16(20)12-7-8-19-15-4-2-1-3-11(12)15/h1-9H. The smallest absolute Gasteiger partial charge is 0.196 e. The van der Waals surface area contributed by atoms with E-state index in [9.17, 15) is 9.18 Å². The van der Waals surface area contributed by atoms with Crippen LogP contribution in [0.15, 0.2) is 59.2 Å². The van der Waals surface area contributed by atoms with Crippen molar-refractivity contribution in [2.24, 2.45) is 0 Å². The van der Waals surface area contributed by atoms with Crippen LogP contribution in [0.5, 0.6) is 0 Å². The maximum Gasteiger partial charge on any atom is 0.196 e. The van der Waals surface area contributed by atoms with Gasteiger partial charge in [-0.1, -0.05) is 34.1 Å². The SMILES string of the molecule is O=C(c1cc(Br)ccc1F)c1ccnc2ccccc12. The first-order valence-corrected chi connectivity index (χ1v) is 6.79. The molecule has 0 saturated heterocycles. The number of carbonyl (C=O) groups is 1. The van der Waals surface area contributed by atoms with E-state index < -0.39 is 5.82 Å². The van der Waals surface area contributed by atoms with E-state index in [4.69, 9.17) is 0 Å². The van der Waals surface area contributed by atoms with Crippen LogP contribution in [0.2, 0.25) is 0 Å². The van der Waals surface area contributed by atoms with Crippen LogP contribution in [0, 0.1) is 5.82 Å². The molecule has 0 amide bonds. The third kappa shape index (κ3) is 2.23. The predicted octanol–water partition coefficient (Wildman–Crippen LogP) is 4.37. The topological polar surface area (TPSA) is 30.0 Å². The zero-order chi connectivity index (χ0) is 14.1. The van der Waals surface area contributed by atoms with Crippen molar-refractivity contribution in [3.05, 3.63) is 76.1 Å². The van der Waals surface area contributed by atoms with Crippen molar-refractivity contribution < 1.29 is 9.18 Å². The van der Waals surface area contributed by atoms with Gasteiger partial charge in [-0.25, -0.2) is 4.39 Å². The number of pyridine rings is 1. The number of ketones is 1. The second-order valence-electron chi connectivity index (χ2n) is 4.33. The first kappa shape index (κ1) is 12.9. The van der Waals surface area contributed by atoms with Crippen molar-refractivity contribution in [2.75, 3.05) is 0 Å². The molecule has 98 valence electrons. The lowest BCUT2D eigenvalue weighted by atomic mass is 9.99. The Morgan fingerprint density at radius 1 is 1.05 bits per heavy atom. The van der Waals surface area contributed by atoms with Gasteiger partial charge in [0.1, 0.15) is 5.82 Å². The summed E-state index contributed by atoms with van der Waals surface area (Å²) in [6.45, 7) is 0. The van der Waals surface area contributed by atoms with E-state index in [1.165, 1.54) is 12.1 Å². The molecule has 1 heterocycles. The third-order valence-electron chi connectivity index (χ3n) is 3.07. The molecule has 2 aromatic carbocycles. The van der Waals surface area contributed by atoms with Gasteiger partial charge >= 0.3 is 0 Å². The van der Waals surface area contributed by atoms with E-state index in [1.807, 2.05) is 24.3 Å². The van der Waals surface area contributed by atoms with Crippen LogP contribution in [-0.2, 0) is 0 Å². The van der Waals surface area contributed by atoms with Gasteiger partial charge in [0, 0.05) is 21.6 Å². The summed E-state index contributed by atoms with van der Waals surface area (Å²) in [4.78, 5) is 16.7. The second kappa shape index (κ2) is 5.13. The number of benzene rings is 2. The predicted molar refractivity (Wildman–Crippen MR) is 79.3 cm³/mol. The highest BCUT2D eigenvalue weighted by molar-refractivity contribution is 9.10. The summed E-state index contributed by atoms with van der Waals surface area (Å²) in [6.07, 6.45) is 1.56. The first-order chi connectivity index (χ1) is 9.66. The lowest BCUT2D eigenvalue weighted by Crippen LogP contribution is -2.05. The fraction of sp³-hybridized carbons (Fsp3) is 0. The van der Waals surface area contributed by atoms with Gasteiger partial charge in [-0.05, 0) is 30.3 Å². The van der Waals surface area contributed by atoms with Gasteiger partial charge in [0.15, 0.2) is 5.78 Å². The first-order valence-electron chi connectivity index (χ1n) is 6.00. The molecule has 4 heteroatoms. The molecular formula is C16H9BrFNO. The molecule has 0 unspecified atom stereocenters. The normalized spacial score (nSPS) is 10.7. The fourth-order valence-corrected chi connectivity index (χ4v) is 2.47. The van der Waals surface area contributed by atoms with E-state index in [-0.39, 0.29) is 11.3 Å². The highest BCUT2D eigenvalue weighted by Crippen LogP contribution is 2.23. The number of fused-ring (bicyclic) bond motifs is 1. The molecule has 3 rings (SSSR count). The molecule has 0 saturated carbocycles. The van der Waals surface area contributed by atoms with Crippen LogP contribution < -0.4 is 0 Å². The second-order valence-corrected chi connectivity index (χ2v) is 5.24. The maximum atomic E-state index is 13.8. The quantitative estimate of drug-likeness (QED) is 0.653. The number of halogens is 2. The average molecular weight is 330 g/mol. The van der Waals surface area contributed by atoms with Crippen LogP contribution in [0.3, 0.4) is 0 Å². The lowest BCUT2D eigenvalue weighted by Gasteiger charge is -2.06. The van der Waals surface area contributed by atoms with E-state index in [1.54, 1.807) is 18.3 Å². The summed E-state index contributed by atoms with van der Waals surface area (Å²) >= 11 is 3.26. The molecular weight excluding hydrogens is 321 g/mol. The zero-order valence-corrected chi connectivity index (χ0v) is 11.9. The zero-order valence-electron chi connectivity index (χ0n) is 10.3. The minimum absolute atomic E-state index is 0.0516. The highest BCUT2D eigenvalue weighted by Gasteiger charge is 2.16. The van der Waals surface area contributed by atoms with Crippen LogP contribution in [0.25, 0.3) is 10.9 Å². The monoisotopic (exact) mass is 329 g/mol. The summed E-state index contributed by atoms with van der Waals surface area (Å²) in [7, 11) is 0. The molecule has 0 aliphatic carbocycles. The Labute approximate surface area is 123 Å². The number of hydrogen-bond acceptors (Lipinski definition) is 2. The Morgan fingerprint density at radius 3 is 2.70 bits per heavy atom. The van der Waals surface area contributed by atoms with Gasteiger partial charge in [-0.15, -0.1) is 0 Å². The largest absolute Gasteiger partial charge is 0.288 e. The summed E-state index contributed by atoms with van der Waals surface area (Å²) in [6, 6.07) is 13.3. The van der Waals surface area contributed by atoms with Crippen molar-refractivity contribution >= 4 is 32.6 Å². The van der Waals surface area contributed by atoms with E-state index in [0.29, 0.717) is 15.6 Å². The van der Waals surface area contributed by atoms with E-state index >= 15 is 0 Å². The van der Waals surface area contributed by atoms with Gasteiger partial charge in [0.05, 0.1) is 11.1 Å².